The number of rotatable bonds is 3. The maximum atomic E-state index is 8.79. The van der Waals surface area contributed by atoms with Gasteiger partial charge < -0.3 is 0 Å². The third-order valence-electron chi connectivity index (χ3n) is 1.40. The molecule has 0 radical (unpaired) electrons. The van der Waals surface area contributed by atoms with Gasteiger partial charge in [0.05, 0.1) is 5.56 Å². The molecule has 0 N–H and O–H groups in total. The normalized spacial score (nSPS) is 9.62. The monoisotopic (exact) mass is 231 g/mol. The summed E-state index contributed by atoms with van der Waals surface area (Å²) >= 11 is 12.9. The van der Waals surface area contributed by atoms with Crippen LogP contribution >= 0.6 is 35.0 Å². The van der Waals surface area contributed by atoms with Crippen LogP contribution in [0.1, 0.15) is 5.56 Å². The van der Waals surface area contributed by atoms with Gasteiger partial charge in [0.2, 0.25) is 0 Å². The summed E-state index contributed by atoms with van der Waals surface area (Å²) in [7, 11) is 0. The molecule has 0 aliphatic rings. The molecule has 0 bridgehead atoms. The zero-order chi connectivity index (χ0) is 9.68. The van der Waals surface area contributed by atoms with Gasteiger partial charge in [0.1, 0.15) is 6.07 Å². The second-order valence-electron chi connectivity index (χ2n) is 2.29. The zero-order valence-electron chi connectivity index (χ0n) is 6.76. The van der Waals surface area contributed by atoms with E-state index < -0.39 is 0 Å². The molecule has 0 fully saturated rings. The van der Waals surface area contributed by atoms with E-state index in [9.17, 15) is 0 Å². The van der Waals surface area contributed by atoms with Crippen LogP contribution in [0.3, 0.4) is 0 Å². The number of benzene rings is 1. The Labute approximate surface area is 91.6 Å². The summed E-state index contributed by atoms with van der Waals surface area (Å²) in [5.41, 5.74) is 0.614. The summed E-state index contributed by atoms with van der Waals surface area (Å²) in [5.74, 6) is 1.38. The van der Waals surface area contributed by atoms with Crippen molar-refractivity contribution < 1.29 is 0 Å². The average Bonchev–Trinajstić information content (AvgIpc) is 2.16. The summed E-state index contributed by atoms with van der Waals surface area (Å²) in [6, 6.07) is 7.38. The van der Waals surface area contributed by atoms with Gasteiger partial charge in [-0.3, -0.25) is 0 Å². The van der Waals surface area contributed by atoms with Crippen molar-refractivity contribution in [1.82, 2.24) is 0 Å². The van der Waals surface area contributed by atoms with Gasteiger partial charge >= 0.3 is 0 Å². The van der Waals surface area contributed by atoms with Gasteiger partial charge in [-0.25, -0.2) is 0 Å². The first kappa shape index (κ1) is 10.7. The standard InChI is InChI=1S/C9H7Cl2NS/c10-3-4-13-9-2-1-8(11)5-7(9)6-12/h1-2,5H,3-4H2. The van der Waals surface area contributed by atoms with Crippen molar-refractivity contribution in [2.45, 2.75) is 4.90 Å². The Balaban J connectivity index is 2.88. The molecule has 0 spiro atoms. The molecule has 1 aromatic carbocycles. The lowest BCUT2D eigenvalue weighted by Gasteiger charge is -2.01. The van der Waals surface area contributed by atoms with Gasteiger partial charge in [0, 0.05) is 21.6 Å². The van der Waals surface area contributed by atoms with Crippen LogP contribution in [0.15, 0.2) is 23.1 Å². The van der Waals surface area contributed by atoms with Gasteiger partial charge in [0.25, 0.3) is 0 Å². The van der Waals surface area contributed by atoms with E-state index >= 15 is 0 Å². The van der Waals surface area contributed by atoms with Gasteiger partial charge in [-0.2, -0.15) is 5.26 Å². The molecule has 0 aromatic heterocycles. The van der Waals surface area contributed by atoms with Crippen LogP contribution in [0.5, 0.6) is 0 Å². The van der Waals surface area contributed by atoms with Crippen molar-refractivity contribution in [2.24, 2.45) is 0 Å². The van der Waals surface area contributed by atoms with E-state index in [1.165, 1.54) is 0 Å². The van der Waals surface area contributed by atoms with Crippen molar-refractivity contribution in [3.8, 4) is 6.07 Å². The molecule has 0 aliphatic carbocycles. The predicted octanol–water partition coefficient (Wildman–Crippen LogP) is 3.54. The van der Waals surface area contributed by atoms with Crippen molar-refractivity contribution >= 4 is 35.0 Å². The maximum Gasteiger partial charge on any atom is 0.100 e. The highest BCUT2D eigenvalue weighted by molar-refractivity contribution is 7.99. The predicted molar refractivity (Wildman–Crippen MR) is 57.6 cm³/mol. The number of hydrogen-bond donors (Lipinski definition) is 0. The van der Waals surface area contributed by atoms with Crippen molar-refractivity contribution in [2.75, 3.05) is 11.6 Å². The minimum absolute atomic E-state index is 0.582. The second-order valence-corrected chi connectivity index (χ2v) is 4.24. The van der Waals surface area contributed by atoms with Crippen LogP contribution in [-0.2, 0) is 0 Å². The number of alkyl halides is 1. The fourth-order valence-electron chi connectivity index (χ4n) is 0.864. The van der Waals surface area contributed by atoms with Crippen molar-refractivity contribution in [1.29, 1.82) is 5.26 Å². The van der Waals surface area contributed by atoms with E-state index in [4.69, 9.17) is 28.5 Å². The lowest BCUT2D eigenvalue weighted by Crippen LogP contribution is -1.84. The molecule has 4 heteroatoms. The molecule has 1 aromatic rings. The Hall–Kier alpha value is -0.360. The molecular formula is C9H7Cl2NS. The molecule has 13 heavy (non-hydrogen) atoms. The first-order chi connectivity index (χ1) is 6.27. The first-order valence-electron chi connectivity index (χ1n) is 3.66. The highest BCUT2D eigenvalue weighted by Gasteiger charge is 2.02. The first-order valence-corrected chi connectivity index (χ1v) is 5.56. The summed E-state index contributed by atoms with van der Waals surface area (Å²) in [6.45, 7) is 0. The number of hydrogen-bond acceptors (Lipinski definition) is 2. The third kappa shape index (κ3) is 3.11. The quantitative estimate of drug-likeness (QED) is 0.587. The highest BCUT2D eigenvalue weighted by atomic mass is 35.5. The number of thioether (sulfide) groups is 1. The average molecular weight is 232 g/mol. The molecule has 0 unspecified atom stereocenters. The number of halogens is 2. The molecule has 0 saturated carbocycles. The van der Waals surface area contributed by atoms with Gasteiger partial charge in [-0.1, -0.05) is 11.6 Å². The van der Waals surface area contributed by atoms with Crippen LogP contribution in [0.4, 0.5) is 0 Å². The van der Waals surface area contributed by atoms with Crippen LogP contribution in [-0.4, -0.2) is 11.6 Å². The molecule has 0 amide bonds. The molecular weight excluding hydrogens is 225 g/mol. The Kier molecular flexibility index (Phi) is 4.44. The Morgan fingerprint density at radius 2 is 2.23 bits per heavy atom. The topological polar surface area (TPSA) is 23.8 Å². The van der Waals surface area contributed by atoms with Crippen molar-refractivity contribution in [3.63, 3.8) is 0 Å². The lowest BCUT2D eigenvalue weighted by atomic mass is 10.2. The smallest absolute Gasteiger partial charge is 0.100 e. The highest BCUT2D eigenvalue weighted by Crippen LogP contribution is 2.25. The summed E-state index contributed by atoms with van der Waals surface area (Å²) in [5, 5.41) is 9.38. The fraction of sp³-hybridized carbons (Fsp3) is 0.222. The van der Waals surface area contributed by atoms with Crippen LogP contribution in [0, 0.1) is 11.3 Å². The molecule has 68 valence electrons. The van der Waals surface area contributed by atoms with Gasteiger partial charge in [-0.05, 0) is 18.2 Å². The van der Waals surface area contributed by atoms with Crippen LogP contribution in [0.2, 0.25) is 5.02 Å². The summed E-state index contributed by atoms with van der Waals surface area (Å²) in [4.78, 5) is 0.938. The minimum Gasteiger partial charge on any atom is -0.192 e. The van der Waals surface area contributed by atoms with Gasteiger partial charge in [-0.15, -0.1) is 23.4 Å². The summed E-state index contributed by atoms with van der Waals surface area (Å²) in [6.07, 6.45) is 0. The SMILES string of the molecule is N#Cc1cc(Cl)ccc1SCCCl. The van der Waals surface area contributed by atoms with E-state index in [1.807, 2.05) is 6.07 Å². The van der Waals surface area contributed by atoms with E-state index in [1.54, 1.807) is 23.9 Å². The fourth-order valence-corrected chi connectivity index (χ4v) is 1.99. The Morgan fingerprint density at radius 3 is 2.85 bits per heavy atom. The Bertz CT molecular complexity index is 333. The van der Waals surface area contributed by atoms with E-state index in [0.29, 0.717) is 16.5 Å². The van der Waals surface area contributed by atoms with Crippen LogP contribution in [0.25, 0.3) is 0 Å². The number of nitriles is 1. The molecule has 0 atom stereocenters. The molecule has 1 nitrogen and oxygen atoms in total. The zero-order valence-corrected chi connectivity index (χ0v) is 9.09. The molecule has 1 rings (SSSR count). The van der Waals surface area contributed by atoms with Crippen LogP contribution < -0.4 is 0 Å². The third-order valence-corrected chi connectivity index (χ3v) is 3.12. The summed E-state index contributed by atoms with van der Waals surface area (Å²) < 4.78 is 0. The molecule has 0 aliphatic heterocycles. The van der Waals surface area contributed by atoms with Gasteiger partial charge in [0.15, 0.2) is 0 Å². The van der Waals surface area contributed by atoms with E-state index in [2.05, 4.69) is 6.07 Å². The Morgan fingerprint density at radius 1 is 1.46 bits per heavy atom. The largest absolute Gasteiger partial charge is 0.192 e. The van der Waals surface area contributed by atoms with Crippen molar-refractivity contribution in [3.05, 3.63) is 28.8 Å². The molecule has 0 saturated heterocycles. The molecule has 0 heterocycles. The minimum atomic E-state index is 0.582. The maximum absolute atomic E-state index is 8.79. The van der Waals surface area contributed by atoms with E-state index in [-0.39, 0.29) is 0 Å². The lowest BCUT2D eigenvalue weighted by molar-refractivity contribution is 1.36. The number of nitrogens with zero attached hydrogens (tertiary/aromatic N) is 1. The van der Waals surface area contributed by atoms with E-state index in [0.717, 1.165) is 10.6 Å². The second kappa shape index (κ2) is 5.39.